The predicted octanol–water partition coefficient (Wildman–Crippen LogP) is 3.58. The second kappa shape index (κ2) is 8.09. The lowest BCUT2D eigenvalue weighted by Crippen LogP contribution is -2.43. The number of rotatable bonds is 5. The Morgan fingerprint density at radius 3 is 2.89 bits per heavy atom. The lowest BCUT2D eigenvalue weighted by atomic mass is 9.95. The summed E-state index contributed by atoms with van der Waals surface area (Å²) in [6, 6.07) is 14.3. The highest BCUT2D eigenvalue weighted by molar-refractivity contribution is 5.80. The Balaban J connectivity index is 1.51. The molecule has 0 aromatic heterocycles. The van der Waals surface area contributed by atoms with Gasteiger partial charge in [-0.3, -0.25) is 4.79 Å². The van der Waals surface area contributed by atoms with Crippen molar-refractivity contribution < 1.29 is 18.7 Å². The summed E-state index contributed by atoms with van der Waals surface area (Å²) in [4.78, 5) is 15.1. The summed E-state index contributed by atoms with van der Waals surface area (Å²) in [5, 5.41) is 0. The monoisotopic (exact) mass is 369 g/mol. The van der Waals surface area contributed by atoms with Crippen molar-refractivity contribution in [3.8, 4) is 5.75 Å². The van der Waals surface area contributed by atoms with Gasteiger partial charge in [-0.05, 0) is 48.6 Å². The summed E-state index contributed by atoms with van der Waals surface area (Å²) < 4.78 is 25.1. The standard InChI is InChI=1S/C22H24FNO3/c23-19-7-3-5-16(11-19)13-24(14-20-8-4-10-26-20)22(25)18-12-17-6-1-2-9-21(17)27-15-18/h1-3,5-7,9,11,18,20H,4,8,10,12-15H2. The normalized spacial score (nSPS) is 21.4. The number of para-hydroxylation sites is 1. The van der Waals surface area contributed by atoms with Gasteiger partial charge in [-0.25, -0.2) is 4.39 Å². The van der Waals surface area contributed by atoms with E-state index in [4.69, 9.17) is 9.47 Å². The molecule has 5 heteroatoms. The topological polar surface area (TPSA) is 38.8 Å². The largest absolute Gasteiger partial charge is 0.492 e. The highest BCUT2D eigenvalue weighted by atomic mass is 19.1. The van der Waals surface area contributed by atoms with Gasteiger partial charge in [-0.2, -0.15) is 0 Å². The van der Waals surface area contributed by atoms with Crippen LogP contribution in [0, 0.1) is 11.7 Å². The second-order valence-corrected chi connectivity index (χ2v) is 7.30. The third-order valence-corrected chi connectivity index (χ3v) is 5.25. The molecule has 0 N–H and O–H groups in total. The van der Waals surface area contributed by atoms with Gasteiger partial charge in [0.2, 0.25) is 5.91 Å². The number of halogens is 1. The molecule has 27 heavy (non-hydrogen) atoms. The molecule has 142 valence electrons. The molecule has 4 rings (SSSR count). The highest BCUT2D eigenvalue weighted by Gasteiger charge is 2.31. The second-order valence-electron chi connectivity index (χ2n) is 7.30. The molecule has 4 nitrogen and oxygen atoms in total. The number of nitrogens with zero attached hydrogens (tertiary/aromatic N) is 1. The maximum atomic E-state index is 13.6. The van der Waals surface area contributed by atoms with E-state index in [-0.39, 0.29) is 23.7 Å². The minimum absolute atomic E-state index is 0.0456. The molecule has 1 fully saturated rings. The number of ether oxygens (including phenoxy) is 2. The number of carbonyl (C=O) groups is 1. The minimum Gasteiger partial charge on any atom is -0.492 e. The van der Waals surface area contributed by atoms with Crippen molar-refractivity contribution in [2.75, 3.05) is 19.8 Å². The first-order valence-electron chi connectivity index (χ1n) is 9.54. The molecule has 2 aromatic carbocycles. The number of hydrogen-bond acceptors (Lipinski definition) is 3. The molecule has 2 heterocycles. The maximum Gasteiger partial charge on any atom is 0.229 e. The third-order valence-electron chi connectivity index (χ3n) is 5.25. The first-order valence-corrected chi connectivity index (χ1v) is 9.54. The van der Waals surface area contributed by atoms with Crippen LogP contribution in [-0.4, -0.2) is 36.7 Å². The number of hydrogen-bond donors (Lipinski definition) is 0. The Morgan fingerprint density at radius 2 is 2.07 bits per heavy atom. The molecular weight excluding hydrogens is 345 g/mol. The molecule has 1 saturated heterocycles. The summed E-state index contributed by atoms with van der Waals surface area (Å²) in [6.07, 6.45) is 2.70. The molecule has 0 bridgehead atoms. The molecule has 2 aliphatic rings. The number of carbonyl (C=O) groups excluding carboxylic acids is 1. The van der Waals surface area contributed by atoms with Crippen molar-refractivity contribution in [1.82, 2.24) is 4.90 Å². The van der Waals surface area contributed by atoms with E-state index in [2.05, 4.69) is 0 Å². The van der Waals surface area contributed by atoms with E-state index in [0.717, 1.165) is 36.3 Å². The smallest absolute Gasteiger partial charge is 0.229 e. The van der Waals surface area contributed by atoms with Crippen LogP contribution >= 0.6 is 0 Å². The Kier molecular flexibility index (Phi) is 5.39. The average Bonchev–Trinajstić information content (AvgIpc) is 3.20. The fraction of sp³-hybridized carbons (Fsp3) is 0.409. The zero-order chi connectivity index (χ0) is 18.6. The van der Waals surface area contributed by atoms with Gasteiger partial charge in [0.05, 0.1) is 12.0 Å². The molecule has 2 aromatic rings. The van der Waals surface area contributed by atoms with E-state index in [9.17, 15) is 9.18 Å². The molecule has 2 atom stereocenters. The number of amides is 1. The Morgan fingerprint density at radius 1 is 1.19 bits per heavy atom. The molecule has 1 amide bonds. The zero-order valence-electron chi connectivity index (χ0n) is 15.3. The van der Waals surface area contributed by atoms with Gasteiger partial charge in [-0.15, -0.1) is 0 Å². The molecule has 0 aliphatic carbocycles. The van der Waals surface area contributed by atoms with Crippen LogP contribution in [-0.2, 0) is 22.5 Å². The van der Waals surface area contributed by atoms with Crippen molar-refractivity contribution in [3.05, 3.63) is 65.5 Å². The first kappa shape index (κ1) is 18.0. The van der Waals surface area contributed by atoms with Gasteiger partial charge >= 0.3 is 0 Å². The molecule has 0 radical (unpaired) electrons. The summed E-state index contributed by atoms with van der Waals surface area (Å²) in [7, 11) is 0. The van der Waals surface area contributed by atoms with Crippen LogP contribution in [0.5, 0.6) is 5.75 Å². The maximum absolute atomic E-state index is 13.6. The van der Waals surface area contributed by atoms with E-state index >= 15 is 0 Å². The summed E-state index contributed by atoms with van der Waals surface area (Å²) in [5.74, 6) is 0.392. The Hall–Kier alpha value is -2.40. The van der Waals surface area contributed by atoms with Gasteiger partial charge < -0.3 is 14.4 Å². The molecule has 0 saturated carbocycles. The van der Waals surface area contributed by atoms with Crippen molar-refractivity contribution in [3.63, 3.8) is 0 Å². The fourth-order valence-electron chi connectivity index (χ4n) is 3.87. The van der Waals surface area contributed by atoms with Crippen LogP contribution in [0.25, 0.3) is 0 Å². The van der Waals surface area contributed by atoms with E-state index in [1.54, 1.807) is 6.07 Å². The summed E-state index contributed by atoms with van der Waals surface area (Å²) in [5.41, 5.74) is 1.85. The lowest BCUT2D eigenvalue weighted by Gasteiger charge is -2.32. The van der Waals surface area contributed by atoms with Crippen LogP contribution in [0.2, 0.25) is 0 Å². The van der Waals surface area contributed by atoms with Crippen LogP contribution in [0.15, 0.2) is 48.5 Å². The summed E-state index contributed by atoms with van der Waals surface area (Å²) in [6.45, 7) is 2.04. The van der Waals surface area contributed by atoms with Gasteiger partial charge in [0.1, 0.15) is 18.2 Å². The number of benzene rings is 2. The Labute approximate surface area is 158 Å². The van der Waals surface area contributed by atoms with Gasteiger partial charge in [-0.1, -0.05) is 30.3 Å². The quantitative estimate of drug-likeness (QED) is 0.809. The van der Waals surface area contributed by atoms with E-state index in [1.165, 1.54) is 12.1 Å². The zero-order valence-corrected chi connectivity index (χ0v) is 15.3. The van der Waals surface area contributed by atoms with Crippen molar-refractivity contribution in [2.45, 2.75) is 31.9 Å². The van der Waals surface area contributed by atoms with Crippen LogP contribution in [0.4, 0.5) is 4.39 Å². The van der Waals surface area contributed by atoms with Crippen LogP contribution < -0.4 is 4.74 Å². The predicted molar refractivity (Wildman–Crippen MR) is 99.9 cm³/mol. The van der Waals surface area contributed by atoms with E-state index in [0.29, 0.717) is 26.1 Å². The number of fused-ring (bicyclic) bond motifs is 1. The van der Waals surface area contributed by atoms with Crippen LogP contribution in [0.1, 0.15) is 24.0 Å². The molecular formula is C22H24FNO3. The van der Waals surface area contributed by atoms with Gasteiger partial charge in [0.25, 0.3) is 0 Å². The Bertz CT molecular complexity index is 804. The van der Waals surface area contributed by atoms with Gasteiger partial charge in [0.15, 0.2) is 0 Å². The van der Waals surface area contributed by atoms with Gasteiger partial charge in [0, 0.05) is 19.7 Å². The molecule has 2 aliphatic heterocycles. The molecule has 0 spiro atoms. The van der Waals surface area contributed by atoms with Crippen LogP contribution in [0.3, 0.4) is 0 Å². The van der Waals surface area contributed by atoms with E-state index < -0.39 is 0 Å². The molecule has 2 unspecified atom stereocenters. The van der Waals surface area contributed by atoms with Crippen molar-refractivity contribution in [2.24, 2.45) is 5.92 Å². The van der Waals surface area contributed by atoms with E-state index in [1.807, 2.05) is 35.2 Å². The lowest BCUT2D eigenvalue weighted by molar-refractivity contribution is -0.139. The fourth-order valence-corrected chi connectivity index (χ4v) is 3.87. The summed E-state index contributed by atoms with van der Waals surface area (Å²) >= 11 is 0. The SMILES string of the molecule is O=C(C1COc2ccccc2C1)N(Cc1cccc(F)c1)CC1CCCO1. The average molecular weight is 369 g/mol. The third kappa shape index (κ3) is 4.30. The van der Waals surface area contributed by atoms with Crippen molar-refractivity contribution in [1.29, 1.82) is 0 Å². The minimum atomic E-state index is -0.285. The first-order chi connectivity index (χ1) is 13.2. The highest BCUT2D eigenvalue weighted by Crippen LogP contribution is 2.28. The van der Waals surface area contributed by atoms with Crippen molar-refractivity contribution >= 4 is 5.91 Å².